The SMILES string of the molecule is N#Cc1ccc(C(=O)/C=C2/C(=O)NC(=S)N(c3ccc(Cl)cc3)C2=O)cc1. The fourth-order valence-corrected chi connectivity index (χ4v) is 2.81. The van der Waals surface area contributed by atoms with Gasteiger partial charge in [0.25, 0.3) is 11.8 Å². The lowest BCUT2D eigenvalue weighted by Gasteiger charge is -2.28. The van der Waals surface area contributed by atoms with Crippen LogP contribution in [0.15, 0.2) is 60.2 Å². The summed E-state index contributed by atoms with van der Waals surface area (Å²) in [5.74, 6) is -2.01. The topological polar surface area (TPSA) is 90.3 Å². The number of amides is 2. The van der Waals surface area contributed by atoms with Crippen LogP contribution in [0.5, 0.6) is 0 Å². The van der Waals surface area contributed by atoms with E-state index in [0.717, 1.165) is 11.0 Å². The summed E-state index contributed by atoms with van der Waals surface area (Å²) in [6.45, 7) is 0. The minimum Gasteiger partial charge on any atom is -0.298 e. The highest BCUT2D eigenvalue weighted by atomic mass is 35.5. The molecule has 0 radical (unpaired) electrons. The van der Waals surface area contributed by atoms with E-state index in [-0.39, 0.29) is 16.2 Å². The average Bonchev–Trinajstić information content (AvgIpc) is 2.66. The molecule has 0 bridgehead atoms. The lowest BCUT2D eigenvalue weighted by molar-refractivity contribution is -0.122. The number of halogens is 1. The second kappa shape index (κ2) is 7.50. The molecule has 1 aliphatic rings. The Kier molecular flexibility index (Phi) is 5.12. The maximum absolute atomic E-state index is 12.8. The molecule has 1 heterocycles. The standard InChI is InChI=1S/C19H10ClN3O3S/c20-13-5-7-14(8-6-13)23-18(26)15(17(25)22-19(23)27)9-16(24)12-3-1-11(10-21)2-4-12/h1-9H,(H,22,25,27)/b15-9-. The van der Waals surface area contributed by atoms with Crippen LogP contribution in [0.3, 0.4) is 0 Å². The van der Waals surface area contributed by atoms with Crippen LogP contribution in [0.25, 0.3) is 0 Å². The van der Waals surface area contributed by atoms with Crippen LogP contribution in [0, 0.1) is 11.3 Å². The van der Waals surface area contributed by atoms with E-state index in [4.69, 9.17) is 29.1 Å². The van der Waals surface area contributed by atoms with Gasteiger partial charge in [-0.1, -0.05) is 11.6 Å². The third kappa shape index (κ3) is 3.77. The smallest absolute Gasteiger partial charge is 0.270 e. The molecule has 1 saturated heterocycles. The summed E-state index contributed by atoms with van der Waals surface area (Å²) in [6.07, 6.45) is 0.962. The summed E-state index contributed by atoms with van der Waals surface area (Å²) in [6, 6.07) is 14.1. The van der Waals surface area contributed by atoms with Gasteiger partial charge in [-0.05, 0) is 60.7 Å². The first-order chi connectivity index (χ1) is 12.9. The third-order valence-electron chi connectivity index (χ3n) is 3.76. The minimum absolute atomic E-state index is 0.0877. The molecule has 8 heteroatoms. The van der Waals surface area contributed by atoms with Crippen LogP contribution in [0.4, 0.5) is 5.69 Å². The number of carbonyl (C=O) groups excluding carboxylic acids is 3. The first-order valence-corrected chi connectivity index (χ1v) is 8.41. The summed E-state index contributed by atoms with van der Waals surface area (Å²) in [5.41, 5.74) is 0.706. The molecule has 6 nitrogen and oxygen atoms in total. The number of anilines is 1. The number of rotatable bonds is 3. The fraction of sp³-hybridized carbons (Fsp3) is 0. The van der Waals surface area contributed by atoms with Crippen molar-refractivity contribution in [1.82, 2.24) is 5.32 Å². The molecule has 132 valence electrons. The maximum Gasteiger partial charge on any atom is 0.270 e. The molecule has 2 aromatic rings. The van der Waals surface area contributed by atoms with Gasteiger partial charge in [0.15, 0.2) is 10.9 Å². The van der Waals surface area contributed by atoms with Crippen molar-refractivity contribution in [3.05, 3.63) is 76.3 Å². The van der Waals surface area contributed by atoms with Crippen molar-refractivity contribution in [2.24, 2.45) is 0 Å². The first-order valence-electron chi connectivity index (χ1n) is 7.62. The Labute approximate surface area is 164 Å². The van der Waals surface area contributed by atoms with Crippen molar-refractivity contribution in [3.63, 3.8) is 0 Å². The molecule has 1 aliphatic heterocycles. The normalized spacial score (nSPS) is 15.5. The van der Waals surface area contributed by atoms with Gasteiger partial charge in [-0.3, -0.25) is 24.6 Å². The van der Waals surface area contributed by atoms with Gasteiger partial charge in [-0.25, -0.2) is 0 Å². The van der Waals surface area contributed by atoms with Crippen molar-refractivity contribution in [1.29, 1.82) is 5.26 Å². The summed E-state index contributed by atoms with van der Waals surface area (Å²) >= 11 is 10.9. The zero-order valence-electron chi connectivity index (χ0n) is 13.6. The van der Waals surface area contributed by atoms with Gasteiger partial charge in [-0.15, -0.1) is 0 Å². The summed E-state index contributed by atoms with van der Waals surface area (Å²) in [7, 11) is 0. The quantitative estimate of drug-likeness (QED) is 0.373. The van der Waals surface area contributed by atoms with Gasteiger partial charge >= 0.3 is 0 Å². The van der Waals surface area contributed by atoms with Crippen LogP contribution in [0.2, 0.25) is 5.02 Å². The average molecular weight is 396 g/mol. The van der Waals surface area contributed by atoms with Gasteiger partial charge in [0.2, 0.25) is 0 Å². The van der Waals surface area contributed by atoms with Crippen molar-refractivity contribution >= 4 is 52.2 Å². The highest BCUT2D eigenvalue weighted by Crippen LogP contribution is 2.23. The molecule has 27 heavy (non-hydrogen) atoms. The van der Waals surface area contributed by atoms with Crippen LogP contribution in [-0.4, -0.2) is 22.7 Å². The molecule has 2 aromatic carbocycles. The summed E-state index contributed by atoms with van der Waals surface area (Å²) in [5, 5.41) is 11.6. The van der Waals surface area contributed by atoms with Crippen molar-refractivity contribution in [3.8, 4) is 6.07 Å². The zero-order chi connectivity index (χ0) is 19.6. The number of nitriles is 1. The summed E-state index contributed by atoms with van der Waals surface area (Å²) in [4.78, 5) is 38.5. The molecule has 0 unspecified atom stereocenters. The van der Waals surface area contributed by atoms with Crippen molar-refractivity contribution < 1.29 is 14.4 Å². The predicted octanol–water partition coefficient (Wildman–Crippen LogP) is 2.77. The predicted molar refractivity (Wildman–Crippen MR) is 103 cm³/mol. The monoisotopic (exact) mass is 395 g/mol. The summed E-state index contributed by atoms with van der Waals surface area (Å²) < 4.78 is 0. The number of hydrogen-bond donors (Lipinski definition) is 1. The largest absolute Gasteiger partial charge is 0.298 e. The molecule has 0 spiro atoms. The lowest BCUT2D eigenvalue weighted by Crippen LogP contribution is -2.54. The Morgan fingerprint density at radius 3 is 2.33 bits per heavy atom. The molecule has 0 aromatic heterocycles. The zero-order valence-corrected chi connectivity index (χ0v) is 15.2. The molecule has 0 atom stereocenters. The van der Waals surface area contributed by atoms with Gasteiger partial charge in [-0.2, -0.15) is 5.26 Å². The Morgan fingerprint density at radius 1 is 1.11 bits per heavy atom. The minimum atomic E-state index is -0.753. The highest BCUT2D eigenvalue weighted by Gasteiger charge is 2.35. The van der Waals surface area contributed by atoms with E-state index in [1.807, 2.05) is 6.07 Å². The number of hydrogen-bond acceptors (Lipinski definition) is 5. The second-order valence-corrected chi connectivity index (χ2v) is 6.31. The first kappa shape index (κ1) is 18.5. The molecular weight excluding hydrogens is 386 g/mol. The number of benzene rings is 2. The van der Waals surface area contributed by atoms with E-state index in [1.54, 1.807) is 24.3 Å². The van der Waals surface area contributed by atoms with Crippen LogP contribution < -0.4 is 10.2 Å². The molecule has 1 N–H and O–H groups in total. The Balaban J connectivity index is 1.94. The van der Waals surface area contributed by atoms with E-state index in [9.17, 15) is 14.4 Å². The Bertz CT molecular complexity index is 1040. The van der Waals surface area contributed by atoms with Gasteiger partial charge < -0.3 is 0 Å². The van der Waals surface area contributed by atoms with E-state index >= 15 is 0 Å². The van der Waals surface area contributed by atoms with Crippen LogP contribution in [-0.2, 0) is 9.59 Å². The van der Waals surface area contributed by atoms with Gasteiger partial charge in [0, 0.05) is 16.7 Å². The number of nitrogens with zero attached hydrogens (tertiary/aromatic N) is 2. The van der Waals surface area contributed by atoms with Crippen LogP contribution >= 0.6 is 23.8 Å². The third-order valence-corrected chi connectivity index (χ3v) is 4.30. The molecule has 1 fully saturated rings. The maximum atomic E-state index is 12.8. The molecular formula is C19H10ClN3O3S. The Morgan fingerprint density at radius 2 is 1.74 bits per heavy atom. The van der Waals surface area contributed by atoms with E-state index in [2.05, 4.69) is 5.32 Å². The van der Waals surface area contributed by atoms with Gasteiger partial charge in [0.1, 0.15) is 5.57 Å². The van der Waals surface area contributed by atoms with E-state index in [0.29, 0.717) is 16.3 Å². The highest BCUT2D eigenvalue weighted by molar-refractivity contribution is 7.80. The number of allylic oxidation sites excluding steroid dienone is 1. The lowest BCUT2D eigenvalue weighted by atomic mass is 10.0. The molecule has 2 amide bonds. The number of carbonyl (C=O) groups is 3. The molecule has 0 aliphatic carbocycles. The Hall–Kier alpha value is -3.34. The molecule has 0 saturated carbocycles. The number of ketones is 1. The van der Waals surface area contributed by atoms with E-state index in [1.165, 1.54) is 24.3 Å². The van der Waals surface area contributed by atoms with Crippen LogP contribution in [0.1, 0.15) is 15.9 Å². The van der Waals surface area contributed by atoms with E-state index < -0.39 is 17.6 Å². The molecule has 3 rings (SSSR count). The number of thiocarbonyl (C=S) groups is 1. The van der Waals surface area contributed by atoms with Gasteiger partial charge in [0.05, 0.1) is 17.3 Å². The fourth-order valence-electron chi connectivity index (χ4n) is 2.41. The van der Waals surface area contributed by atoms with Crippen molar-refractivity contribution in [2.45, 2.75) is 0 Å². The second-order valence-electron chi connectivity index (χ2n) is 5.49. The van der Waals surface area contributed by atoms with Crippen molar-refractivity contribution in [2.75, 3.05) is 4.90 Å². The number of nitrogens with one attached hydrogen (secondary N) is 1.